The lowest BCUT2D eigenvalue weighted by Gasteiger charge is -2.31. The van der Waals surface area contributed by atoms with Crippen LogP contribution < -0.4 is 5.56 Å². The second-order valence-electron chi connectivity index (χ2n) is 6.08. The average Bonchev–Trinajstić information content (AvgIpc) is 2.57. The van der Waals surface area contributed by atoms with Gasteiger partial charge in [0.05, 0.1) is 17.2 Å². The number of hydrogen-bond acceptors (Lipinski definition) is 3. The number of hydrogen-bond donors (Lipinski definition) is 0. The van der Waals surface area contributed by atoms with E-state index in [0.717, 1.165) is 51.0 Å². The molecule has 22 heavy (non-hydrogen) atoms. The SMILES string of the molecule is C=CCCN1CCC(Cn2cnc3ccccc3c2=O)CC1. The van der Waals surface area contributed by atoms with Crippen molar-refractivity contribution in [3.63, 3.8) is 0 Å². The summed E-state index contributed by atoms with van der Waals surface area (Å²) < 4.78 is 1.78. The predicted octanol–water partition coefficient (Wildman–Crippen LogP) is 2.68. The molecule has 1 aromatic carbocycles. The molecule has 116 valence electrons. The van der Waals surface area contributed by atoms with E-state index in [4.69, 9.17) is 0 Å². The zero-order valence-electron chi connectivity index (χ0n) is 12.9. The molecule has 0 bridgehead atoms. The van der Waals surface area contributed by atoms with Crippen LogP contribution in [0.25, 0.3) is 10.9 Å². The van der Waals surface area contributed by atoms with E-state index in [1.807, 2.05) is 30.3 Å². The van der Waals surface area contributed by atoms with Gasteiger partial charge in [0.15, 0.2) is 0 Å². The van der Waals surface area contributed by atoms with Gasteiger partial charge in [-0.1, -0.05) is 18.2 Å². The molecule has 1 aromatic heterocycles. The lowest BCUT2D eigenvalue weighted by molar-refractivity contribution is 0.175. The van der Waals surface area contributed by atoms with Gasteiger partial charge in [0, 0.05) is 13.1 Å². The maximum Gasteiger partial charge on any atom is 0.261 e. The molecular formula is C18H23N3O. The minimum absolute atomic E-state index is 0.0830. The Labute approximate surface area is 131 Å². The van der Waals surface area contributed by atoms with E-state index in [2.05, 4.69) is 16.5 Å². The Bertz CT molecular complexity index is 699. The van der Waals surface area contributed by atoms with Gasteiger partial charge < -0.3 is 4.90 Å². The fourth-order valence-electron chi connectivity index (χ4n) is 3.18. The molecule has 0 saturated carbocycles. The van der Waals surface area contributed by atoms with Gasteiger partial charge >= 0.3 is 0 Å². The smallest absolute Gasteiger partial charge is 0.261 e. The molecule has 3 rings (SSSR count). The first-order valence-corrected chi connectivity index (χ1v) is 8.05. The van der Waals surface area contributed by atoms with Crippen LogP contribution in [-0.2, 0) is 6.54 Å². The minimum Gasteiger partial charge on any atom is -0.303 e. The highest BCUT2D eigenvalue weighted by Gasteiger charge is 2.19. The predicted molar refractivity (Wildman–Crippen MR) is 90.0 cm³/mol. The summed E-state index contributed by atoms with van der Waals surface area (Å²) in [6, 6.07) is 7.56. The van der Waals surface area contributed by atoms with Gasteiger partial charge in [0.1, 0.15) is 0 Å². The summed E-state index contributed by atoms with van der Waals surface area (Å²) in [6.07, 6.45) is 7.03. The van der Waals surface area contributed by atoms with Crippen LogP contribution in [-0.4, -0.2) is 34.1 Å². The van der Waals surface area contributed by atoms with Gasteiger partial charge in [0.2, 0.25) is 0 Å². The molecule has 0 atom stereocenters. The maximum atomic E-state index is 12.5. The topological polar surface area (TPSA) is 38.1 Å². The van der Waals surface area contributed by atoms with Crippen molar-refractivity contribution >= 4 is 10.9 Å². The number of benzene rings is 1. The lowest BCUT2D eigenvalue weighted by atomic mass is 9.96. The highest BCUT2D eigenvalue weighted by Crippen LogP contribution is 2.19. The van der Waals surface area contributed by atoms with Gasteiger partial charge in [-0.25, -0.2) is 4.98 Å². The number of fused-ring (bicyclic) bond motifs is 1. The van der Waals surface area contributed by atoms with E-state index < -0.39 is 0 Å². The molecule has 2 heterocycles. The summed E-state index contributed by atoms with van der Waals surface area (Å²) in [4.78, 5) is 19.4. The van der Waals surface area contributed by atoms with E-state index >= 15 is 0 Å². The van der Waals surface area contributed by atoms with Crippen molar-refractivity contribution in [2.45, 2.75) is 25.8 Å². The highest BCUT2D eigenvalue weighted by atomic mass is 16.1. The molecule has 1 saturated heterocycles. The molecular weight excluding hydrogens is 274 g/mol. The van der Waals surface area contributed by atoms with Gasteiger partial charge in [-0.15, -0.1) is 6.58 Å². The fourth-order valence-corrected chi connectivity index (χ4v) is 3.18. The van der Waals surface area contributed by atoms with Crippen molar-refractivity contribution in [2.24, 2.45) is 5.92 Å². The van der Waals surface area contributed by atoms with Crippen LogP contribution >= 0.6 is 0 Å². The van der Waals surface area contributed by atoms with Crippen molar-refractivity contribution in [3.05, 3.63) is 53.6 Å². The van der Waals surface area contributed by atoms with Crippen LogP contribution in [0.2, 0.25) is 0 Å². The second-order valence-corrected chi connectivity index (χ2v) is 6.08. The van der Waals surface area contributed by atoms with Crippen LogP contribution in [0.5, 0.6) is 0 Å². The van der Waals surface area contributed by atoms with Crippen molar-refractivity contribution in [1.82, 2.24) is 14.5 Å². The van der Waals surface area contributed by atoms with Crippen LogP contribution in [0.15, 0.2) is 48.0 Å². The highest BCUT2D eigenvalue weighted by molar-refractivity contribution is 5.76. The monoisotopic (exact) mass is 297 g/mol. The van der Waals surface area contributed by atoms with Gasteiger partial charge in [0.25, 0.3) is 5.56 Å². The zero-order valence-corrected chi connectivity index (χ0v) is 12.9. The molecule has 1 aliphatic rings. The summed E-state index contributed by atoms with van der Waals surface area (Å²) in [5, 5.41) is 0.716. The normalized spacial score (nSPS) is 16.9. The van der Waals surface area contributed by atoms with Gasteiger partial charge in [-0.3, -0.25) is 9.36 Å². The standard InChI is InChI=1S/C18H23N3O/c1-2-3-10-20-11-8-15(9-12-20)13-21-14-19-17-7-5-4-6-16(17)18(21)22/h2,4-7,14-15H,1,3,8-13H2. The van der Waals surface area contributed by atoms with Gasteiger partial charge in [-0.05, 0) is 50.4 Å². The Morgan fingerprint density at radius 1 is 1.27 bits per heavy atom. The fraction of sp³-hybridized carbons (Fsp3) is 0.444. The lowest BCUT2D eigenvalue weighted by Crippen LogP contribution is -2.36. The number of likely N-dealkylation sites (tertiary alicyclic amines) is 1. The summed E-state index contributed by atoms with van der Waals surface area (Å²) in [5.41, 5.74) is 0.864. The Kier molecular flexibility index (Phi) is 4.68. The Morgan fingerprint density at radius 2 is 2.05 bits per heavy atom. The molecule has 4 nitrogen and oxygen atoms in total. The first kappa shape index (κ1) is 15.0. The molecule has 0 spiro atoms. The first-order chi connectivity index (χ1) is 10.8. The third-order valence-corrected chi connectivity index (χ3v) is 4.54. The minimum atomic E-state index is 0.0830. The Morgan fingerprint density at radius 3 is 2.82 bits per heavy atom. The number of piperidine rings is 1. The summed E-state index contributed by atoms with van der Waals surface area (Å²) >= 11 is 0. The molecule has 0 N–H and O–H groups in total. The van der Waals surface area contributed by atoms with E-state index in [9.17, 15) is 4.79 Å². The molecule has 2 aromatic rings. The number of rotatable bonds is 5. The molecule has 4 heteroatoms. The van der Waals surface area contributed by atoms with Gasteiger partial charge in [-0.2, -0.15) is 0 Å². The van der Waals surface area contributed by atoms with Crippen LogP contribution in [0.1, 0.15) is 19.3 Å². The van der Waals surface area contributed by atoms with Crippen LogP contribution in [0.4, 0.5) is 0 Å². The van der Waals surface area contributed by atoms with Crippen LogP contribution in [0, 0.1) is 5.92 Å². The zero-order chi connectivity index (χ0) is 15.4. The first-order valence-electron chi connectivity index (χ1n) is 8.05. The quantitative estimate of drug-likeness (QED) is 0.796. The van der Waals surface area contributed by atoms with Crippen molar-refractivity contribution in [3.8, 4) is 0 Å². The number of nitrogens with zero attached hydrogens (tertiary/aromatic N) is 3. The van der Waals surface area contributed by atoms with Crippen LogP contribution in [0.3, 0.4) is 0 Å². The molecule has 0 aliphatic carbocycles. The average molecular weight is 297 g/mol. The summed E-state index contributed by atoms with van der Waals surface area (Å²) in [5.74, 6) is 0.570. The van der Waals surface area contributed by atoms with Crippen molar-refractivity contribution < 1.29 is 0 Å². The Hall–Kier alpha value is -1.94. The third kappa shape index (κ3) is 3.28. The molecule has 1 aliphatic heterocycles. The third-order valence-electron chi connectivity index (χ3n) is 4.54. The van der Waals surface area contributed by atoms with E-state index in [1.165, 1.54) is 0 Å². The summed E-state index contributed by atoms with van der Waals surface area (Å²) in [6.45, 7) is 7.91. The van der Waals surface area contributed by atoms with E-state index in [1.54, 1.807) is 10.9 Å². The van der Waals surface area contributed by atoms with Crippen molar-refractivity contribution in [2.75, 3.05) is 19.6 Å². The molecule has 0 unspecified atom stereocenters. The number of aromatic nitrogens is 2. The number of para-hydroxylation sites is 1. The Balaban J connectivity index is 1.66. The molecule has 0 amide bonds. The second kappa shape index (κ2) is 6.88. The summed E-state index contributed by atoms with van der Waals surface area (Å²) in [7, 11) is 0. The van der Waals surface area contributed by atoms with E-state index in [-0.39, 0.29) is 5.56 Å². The van der Waals surface area contributed by atoms with Crippen molar-refractivity contribution in [1.29, 1.82) is 0 Å². The molecule has 0 radical (unpaired) electrons. The maximum absolute atomic E-state index is 12.5. The largest absolute Gasteiger partial charge is 0.303 e. The molecule has 1 fully saturated rings. The van der Waals surface area contributed by atoms with E-state index in [0.29, 0.717) is 11.3 Å².